The fraction of sp³-hybridized carbons (Fsp3) is 0.500. The molecule has 2 amide bonds. The van der Waals surface area contributed by atoms with Crippen molar-refractivity contribution in [3.05, 3.63) is 23.5 Å². The molecule has 1 aromatic heterocycles. The van der Waals surface area contributed by atoms with E-state index in [0.29, 0.717) is 17.8 Å². The van der Waals surface area contributed by atoms with Gasteiger partial charge in [-0.05, 0) is 26.8 Å². The summed E-state index contributed by atoms with van der Waals surface area (Å²) in [5, 5.41) is 5.63. The van der Waals surface area contributed by atoms with Crippen LogP contribution in [0.2, 0.25) is 0 Å². The van der Waals surface area contributed by atoms with Gasteiger partial charge in [0.1, 0.15) is 5.69 Å². The molecule has 2 heterocycles. The highest BCUT2D eigenvalue weighted by atomic mass is 16.2. The maximum absolute atomic E-state index is 11.9. The predicted octanol–water partition coefficient (Wildman–Crippen LogP) is 0.758. The molecular weight excluding hydrogens is 218 g/mol. The molecule has 1 aliphatic rings. The number of hydrogen-bond acceptors (Lipinski definition) is 2. The molecule has 2 rings (SSSR count). The number of carbonyl (C=O) groups is 2. The van der Waals surface area contributed by atoms with Gasteiger partial charge >= 0.3 is 0 Å². The van der Waals surface area contributed by atoms with Gasteiger partial charge in [0, 0.05) is 24.8 Å². The molecule has 0 aliphatic carbocycles. The van der Waals surface area contributed by atoms with E-state index < -0.39 is 0 Å². The third-order valence-electron chi connectivity index (χ3n) is 2.69. The van der Waals surface area contributed by atoms with Crippen LogP contribution >= 0.6 is 0 Å². The topological polar surface area (TPSA) is 63.1 Å². The Morgan fingerprint density at radius 2 is 2.29 bits per heavy atom. The van der Waals surface area contributed by atoms with Crippen molar-refractivity contribution in [2.45, 2.75) is 39.4 Å². The zero-order valence-electron chi connectivity index (χ0n) is 10.3. The molecule has 5 nitrogen and oxygen atoms in total. The van der Waals surface area contributed by atoms with Gasteiger partial charge in [0.25, 0.3) is 11.8 Å². The molecular formula is C12H17N3O2. The van der Waals surface area contributed by atoms with Crippen LogP contribution in [0.1, 0.15) is 41.6 Å². The van der Waals surface area contributed by atoms with Gasteiger partial charge in [-0.1, -0.05) is 0 Å². The fourth-order valence-corrected chi connectivity index (χ4v) is 2.03. The van der Waals surface area contributed by atoms with E-state index in [1.54, 1.807) is 12.3 Å². The van der Waals surface area contributed by atoms with E-state index in [4.69, 9.17) is 0 Å². The Hall–Kier alpha value is -1.78. The lowest BCUT2D eigenvalue weighted by atomic mass is 10.1. The van der Waals surface area contributed by atoms with E-state index in [-0.39, 0.29) is 23.9 Å². The van der Waals surface area contributed by atoms with E-state index in [1.807, 2.05) is 25.3 Å². The van der Waals surface area contributed by atoms with Crippen LogP contribution in [0.15, 0.2) is 12.3 Å². The van der Waals surface area contributed by atoms with Gasteiger partial charge in [0.15, 0.2) is 0 Å². The highest BCUT2D eigenvalue weighted by molar-refractivity contribution is 6.06. The summed E-state index contributed by atoms with van der Waals surface area (Å²) in [6.45, 7) is 6.43. The van der Waals surface area contributed by atoms with Gasteiger partial charge in [0.05, 0.1) is 5.56 Å². The SMILES string of the molecule is CC(C)NC(=O)c1ccn2c1C(=O)NC(C)C2. The van der Waals surface area contributed by atoms with Crippen LogP contribution in [0.5, 0.6) is 0 Å². The number of amides is 2. The average molecular weight is 235 g/mol. The van der Waals surface area contributed by atoms with Crippen LogP contribution in [0.4, 0.5) is 0 Å². The standard InChI is InChI=1S/C12H17N3O2/c1-7(2)13-11(16)9-4-5-15-6-8(3)14-12(17)10(9)15/h4-5,7-8H,6H2,1-3H3,(H,13,16)(H,14,17). The number of aromatic nitrogens is 1. The van der Waals surface area contributed by atoms with Crippen molar-refractivity contribution in [3.63, 3.8) is 0 Å². The second-order valence-electron chi connectivity index (χ2n) is 4.73. The average Bonchev–Trinajstić information content (AvgIpc) is 2.59. The summed E-state index contributed by atoms with van der Waals surface area (Å²) < 4.78 is 1.83. The molecule has 1 aliphatic heterocycles. The zero-order chi connectivity index (χ0) is 12.6. The third-order valence-corrected chi connectivity index (χ3v) is 2.69. The third kappa shape index (κ3) is 2.18. The number of fused-ring (bicyclic) bond motifs is 1. The first-order valence-electron chi connectivity index (χ1n) is 5.80. The largest absolute Gasteiger partial charge is 0.350 e. The van der Waals surface area contributed by atoms with Crippen molar-refractivity contribution in [1.29, 1.82) is 0 Å². The van der Waals surface area contributed by atoms with Crippen LogP contribution < -0.4 is 10.6 Å². The molecule has 2 N–H and O–H groups in total. The van der Waals surface area contributed by atoms with Crippen molar-refractivity contribution >= 4 is 11.8 Å². The summed E-state index contributed by atoms with van der Waals surface area (Å²) in [5.41, 5.74) is 0.907. The van der Waals surface area contributed by atoms with Crippen LogP contribution in [0, 0.1) is 0 Å². The summed E-state index contributed by atoms with van der Waals surface area (Å²) in [7, 11) is 0. The summed E-state index contributed by atoms with van der Waals surface area (Å²) >= 11 is 0. The molecule has 1 atom stereocenters. The highest BCUT2D eigenvalue weighted by Gasteiger charge is 2.27. The minimum absolute atomic E-state index is 0.0589. The Kier molecular flexibility index (Phi) is 2.92. The first-order chi connectivity index (χ1) is 7.99. The normalized spacial score (nSPS) is 18.8. The van der Waals surface area contributed by atoms with Crippen molar-refractivity contribution < 1.29 is 9.59 Å². The fourth-order valence-electron chi connectivity index (χ4n) is 2.03. The molecule has 0 bridgehead atoms. The summed E-state index contributed by atoms with van der Waals surface area (Å²) in [6.07, 6.45) is 1.79. The number of rotatable bonds is 2. The lowest BCUT2D eigenvalue weighted by molar-refractivity contribution is 0.0882. The maximum atomic E-state index is 11.9. The highest BCUT2D eigenvalue weighted by Crippen LogP contribution is 2.16. The molecule has 1 unspecified atom stereocenters. The quantitative estimate of drug-likeness (QED) is 0.795. The Balaban J connectivity index is 2.32. The summed E-state index contributed by atoms with van der Waals surface area (Å²) in [6, 6.07) is 1.86. The minimum Gasteiger partial charge on any atom is -0.350 e. The molecule has 0 spiro atoms. The van der Waals surface area contributed by atoms with E-state index >= 15 is 0 Å². The van der Waals surface area contributed by atoms with Gasteiger partial charge in [-0.25, -0.2) is 0 Å². The van der Waals surface area contributed by atoms with Gasteiger partial charge in [-0.3, -0.25) is 9.59 Å². The van der Waals surface area contributed by atoms with Crippen molar-refractivity contribution in [2.24, 2.45) is 0 Å². The Morgan fingerprint density at radius 3 is 2.94 bits per heavy atom. The van der Waals surface area contributed by atoms with Gasteiger partial charge < -0.3 is 15.2 Å². The van der Waals surface area contributed by atoms with Crippen LogP contribution in [-0.2, 0) is 6.54 Å². The second-order valence-corrected chi connectivity index (χ2v) is 4.73. The molecule has 92 valence electrons. The second kappa shape index (κ2) is 4.24. The van der Waals surface area contributed by atoms with Crippen LogP contribution in [0.3, 0.4) is 0 Å². The number of hydrogen-bond donors (Lipinski definition) is 2. The van der Waals surface area contributed by atoms with Gasteiger partial charge in [0.2, 0.25) is 0 Å². The number of carbonyl (C=O) groups excluding carboxylic acids is 2. The summed E-state index contributed by atoms with van der Waals surface area (Å²) in [4.78, 5) is 23.8. The summed E-state index contributed by atoms with van der Waals surface area (Å²) in [5.74, 6) is -0.374. The number of nitrogens with one attached hydrogen (secondary N) is 2. The first kappa shape index (κ1) is 11.7. The molecule has 0 saturated carbocycles. The van der Waals surface area contributed by atoms with E-state index in [9.17, 15) is 9.59 Å². The molecule has 5 heteroatoms. The smallest absolute Gasteiger partial charge is 0.269 e. The molecule has 0 fully saturated rings. The monoisotopic (exact) mass is 235 g/mol. The van der Waals surface area contributed by atoms with Crippen LogP contribution in [0.25, 0.3) is 0 Å². The Labute approximate surface area is 100 Å². The minimum atomic E-state index is -0.196. The van der Waals surface area contributed by atoms with Crippen LogP contribution in [-0.4, -0.2) is 28.5 Å². The van der Waals surface area contributed by atoms with E-state index in [0.717, 1.165) is 0 Å². The Bertz CT molecular complexity index is 462. The zero-order valence-corrected chi connectivity index (χ0v) is 10.3. The maximum Gasteiger partial charge on any atom is 0.269 e. The molecule has 17 heavy (non-hydrogen) atoms. The molecule has 0 aromatic carbocycles. The van der Waals surface area contributed by atoms with Gasteiger partial charge in [-0.15, -0.1) is 0 Å². The molecule has 1 aromatic rings. The van der Waals surface area contributed by atoms with Crippen molar-refractivity contribution in [1.82, 2.24) is 15.2 Å². The predicted molar refractivity (Wildman–Crippen MR) is 64.0 cm³/mol. The lowest BCUT2D eigenvalue weighted by Gasteiger charge is -2.23. The van der Waals surface area contributed by atoms with E-state index in [2.05, 4.69) is 10.6 Å². The molecule has 0 radical (unpaired) electrons. The first-order valence-corrected chi connectivity index (χ1v) is 5.80. The van der Waals surface area contributed by atoms with Gasteiger partial charge in [-0.2, -0.15) is 0 Å². The van der Waals surface area contributed by atoms with Crippen molar-refractivity contribution in [2.75, 3.05) is 0 Å². The molecule has 0 saturated heterocycles. The van der Waals surface area contributed by atoms with E-state index in [1.165, 1.54) is 0 Å². The van der Waals surface area contributed by atoms with Crippen molar-refractivity contribution in [3.8, 4) is 0 Å². The Morgan fingerprint density at radius 1 is 1.59 bits per heavy atom. The lowest BCUT2D eigenvalue weighted by Crippen LogP contribution is -2.43. The number of nitrogens with zero attached hydrogens (tertiary/aromatic N) is 1.